The largest absolute Gasteiger partial charge is 0.496 e. The maximum absolute atomic E-state index is 13.3. The van der Waals surface area contributed by atoms with E-state index >= 15 is 0 Å². The van der Waals surface area contributed by atoms with Gasteiger partial charge in [0.25, 0.3) is 11.8 Å². The summed E-state index contributed by atoms with van der Waals surface area (Å²) in [5.74, 6) is -3.99. The van der Waals surface area contributed by atoms with Gasteiger partial charge >= 0.3 is 6.61 Å². The number of furan rings is 1. The number of hydrogen-bond donors (Lipinski definition) is 1. The summed E-state index contributed by atoms with van der Waals surface area (Å²) < 4.78 is 74.5. The number of halogens is 4. The van der Waals surface area contributed by atoms with E-state index < -0.39 is 42.2 Å². The number of nitrogens with zero attached hydrogens (tertiary/aromatic N) is 1. The van der Waals surface area contributed by atoms with Crippen molar-refractivity contribution >= 4 is 16.9 Å². The molecule has 1 unspecified atom stereocenters. The van der Waals surface area contributed by atoms with Gasteiger partial charge in [0.05, 0.1) is 19.4 Å². The number of ether oxygens (including phenoxy) is 3. The van der Waals surface area contributed by atoms with Crippen LogP contribution in [-0.2, 0) is 0 Å². The summed E-state index contributed by atoms with van der Waals surface area (Å²) in [5.41, 5.74) is 1.04. The number of hydrogen-bond acceptors (Lipinski definition) is 6. The zero-order valence-corrected chi connectivity index (χ0v) is 20.1. The lowest BCUT2D eigenvalue weighted by molar-refractivity contribution is -0.0502. The third-order valence-corrected chi connectivity index (χ3v) is 6.59. The van der Waals surface area contributed by atoms with Crippen LogP contribution >= 0.6 is 0 Å². The van der Waals surface area contributed by atoms with Crippen LogP contribution in [0.3, 0.4) is 0 Å². The van der Waals surface area contributed by atoms with Crippen molar-refractivity contribution in [3.05, 3.63) is 42.2 Å². The molecule has 11 heteroatoms. The molecule has 5 rings (SSSR count). The Labute approximate surface area is 210 Å². The van der Waals surface area contributed by atoms with E-state index in [2.05, 4.69) is 15.0 Å². The average molecular weight is 522 g/mol. The molecule has 0 spiro atoms. The molecular weight excluding hydrogens is 496 g/mol. The van der Waals surface area contributed by atoms with Crippen molar-refractivity contribution in [2.24, 2.45) is 0 Å². The van der Waals surface area contributed by atoms with E-state index in [0.29, 0.717) is 34.5 Å². The third kappa shape index (κ3) is 5.46. The zero-order valence-electron chi connectivity index (χ0n) is 20.1. The Balaban J connectivity index is 1.41. The molecule has 1 aliphatic carbocycles. The van der Waals surface area contributed by atoms with Gasteiger partial charge in [-0.1, -0.05) is 0 Å². The number of carbonyl (C=O) groups is 1. The molecule has 198 valence electrons. The van der Waals surface area contributed by atoms with Crippen LogP contribution in [0.15, 0.2) is 41.0 Å². The summed E-state index contributed by atoms with van der Waals surface area (Å²) in [6, 6.07) is 6.64. The molecule has 1 atom stereocenters. The van der Waals surface area contributed by atoms with Crippen molar-refractivity contribution in [2.45, 2.75) is 37.8 Å². The molecule has 2 heterocycles. The normalized spacial score (nSPS) is 18.8. The summed E-state index contributed by atoms with van der Waals surface area (Å²) in [6.45, 7) is 0.291. The van der Waals surface area contributed by atoms with Gasteiger partial charge in [-0.2, -0.15) is 8.78 Å². The van der Waals surface area contributed by atoms with E-state index in [1.165, 1.54) is 38.3 Å². The first-order valence-electron chi connectivity index (χ1n) is 12.0. The van der Waals surface area contributed by atoms with Crippen LogP contribution in [0.5, 0.6) is 17.2 Å². The number of fused-ring (bicyclic) bond motifs is 1. The lowest BCUT2D eigenvalue weighted by atomic mass is 10.0. The van der Waals surface area contributed by atoms with Gasteiger partial charge < -0.3 is 23.9 Å². The molecular formula is C26H26F4N2O5. The van der Waals surface area contributed by atoms with E-state index in [1.54, 1.807) is 18.2 Å². The molecule has 1 aromatic heterocycles. The standard InChI is InChI=1S/C26H26F4N2O5/c1-34-20-10-15(11-21(37-25(27)28)23(20)24(33)31-22-13-26(22,29)30)18-14-36-19-12-16(4-5-17(18)19)35-9-8-32-6-2-3-7-32/h4-5,10-12,14,22,25H,2-3,6-9,13H2,1H3,(H,31,33). The number of nitrogens with one attached hydrogen (secondary N) is 1. The molecule has 37 heavy (non-hydrogen) atoms. The minimum Gasteiger partial charge on any atom is -0.496 e. The third-order valence-electron chi connectivity index (χ3n) is 6.59. The van der Waals surface area contributed by atoms with Crippen molar-refractivity contribution in [3.63, 3.8) is 0 Å². The number of benzene rings is 2. The molecule has 1 N–H and O–H groups in total. The molecule has 1 saturated heterocycles. The fourth-order valence-electron chi connectivity index (χ4n) is 4.54. The van der Waals surface area contributed by atoms with Crippen LogP contribution in [0.2, 0.25) is 0 Å². The van der Waals surface area contributed by atoms with Crippen molar-refractivity contribution in [1.29, 1.82) is 0 Å². The van der Waals surface area contributed by atoms with Gasteiger partial charge in [-0.3, -0.25) is 9.69 Å². The quantitative estimate of drug-likeness (QED) is 0.364. The topological polar surface area (TPSA) is 73.2 Å². The lowest BCUT2D eigenvalue weighted by Crippen LogP contribution is -2.30. The highest BCUT2D eigenvalue weighted by molar-refractivity contribution is 6.02. The molecule has 2 aliphatic rings. The van der Waals surface area contributed by atoms with Gasteiger partial charge in [-0.15, -0.1) is 0 Å². The summed E-state index contributed by atoms with van der Waals surface area (Å²) in [4.78, 5) is 15.0. The maximum Gasteiger partial charge on any atom is 0.387 e. The Morgan fingerprint density at radius 2 is 1.92 bits per heavy atom. The monoisotopic (exact) mass is 522 g/mol. The molecule has 1 saturated carbocycles. The fourth-order valence-corrected chi connectivity index (χ4v) is 4.54. The summed E-state index contributed by atoms with van der Waals surface area (Å²) in [7, 11) is 1.24. The van der Waals surface area contributed by atoms with E-state index in [1.807, 2.05) is 0 Å². The van der Waals surface area contributed by atoms with Gasteiger partial charge in [0.1, 0.15) is 35.0 Å². The number of methoxy groups -OCH3 is 1. The number of alkyl halides is 4. The van der Waals surface area contributed by atoms with E-state index in [4.69, 9.17) is 13.9 Å². The van der Waals surface area contributed by atoms with Crippen molar-refractivity contribution in [2.75, 3.05) is 33.4 Å². The number of amides is 1. The molecule has 3 aromatic rings. The fraction of sp³-hybridized carbons (Fsp3) is 0.423. The number of rotatable bonds is 10. The van der Waals surface area contributed by atoms with Crippen LogP contribution in [0.1, 0.15) is 29.6 Å². The first kappa shape index (κ1) is 25.2. The SMILES string of the molecule is COc1cc(-c2coc3cc(OCCN4CCCC4)ccc23)cc(OC(F)F)c1C(=O)NC1CC1(F)F. The highest BCUT2D eigenvalue weighted by Crippen LogP contribution is 2.43. The molecule has 7 nitrogen and oxygen atoms in total. The first-order valence-corrected chi connectivity index (χ1v) is 12.0. The van der Waals surface area contributed by atoms with Gasteiger partial charge in [0.15, 0.2) is 0 Å². The molecule has 2 fully saturated rings. The Kier molecular flexibility index (Phi) is 6.89. The second kappa shape index (κ2) is 10.1. The molecule has 0 bridgehead atoms. The first-order chi connectivity index (χ1) is 17.7. The van der Waals surface area contributed by atoms with E-state index in [-0.39, 0.29) is 5.75 Å². The highest BCUT2D eigenvalue weighted by Gasteiger charge is 2.58. The predicted molar refractivity (Wildman–Crippen MR) is 127 cm³/mol. The summed E-state index contributed by atoms with van der Waals surface area (Å²) >= 11 is 0. The molecule has 2 aromatic carbocycles. The Morgan fingerprint density at radius 1 is 1.19 bits per heavy atom. The Bertz CT molecular complexity index is 1290. The van der Waals surface area contributed by atoms with E-state index in [0.717, 1.165) is 19.6 Å². The maximum atomic E-state index is 13.3. The zero-order chi connectivity index (χ0) is 26.2. The van der Waals surface area contributed by atoms with Crippen molar-refractivity contribution in [3.8, 4) is 28.4 Å². The summed E-state index contributed by atoms with van der Waals surface area (Å²) in [5, 5.41) is 2.82. The molecule has 1 aliphatic heterocycles. The Morgan fingerprint density at radius 3 is 2.59 bits per heavy atom. The Hall–Kier alpha value is -3.47. The van der Waals surface area contributed by atoms with Gasteiger partial charge in [-0.05, 0) is 55.8 Å². The van der Waals surface area contributed by atoms with E-state index in [9.17, 15) is 22.4 Å². The van der Waals surface area contributed by atoms with Crippen LogP contribution < -0.4 is 19.5 Å². The van der Waals surface area contributed by atoms with Gasteiger partial charge in [-0.25, -0.2) is 8.78 Å². The minimum atomic E-state index is -3.25. The highest BCUT2D eigenvalue weighted by atomic mass is 19.3. The van der Waals surface area contributed by atoms with Crippen LogP contribution in [0.25, 0.3) is 22.1 Å². The molecule has 0 radical (unpaired) electrons. The number of likely N-dealkylation sites (tertiary alicyclic amines) is 1. The van der Waals surface area contributed by atoms with Gasteiger partial charge in [0.2, 0.25) is 0 Å². The van der Waals surface area contributed by atoms with Gasteiger partial charge in [0, 0.05) is 30.0 Å². The minimum absolute atomic E-state index is 0.106. The lowest BCUT2D eigenvalue weighted by Gasteiger charge is -2.16. The second-order valence-corrected chi connectivity index (χ2v) is 9.13. The predicted octanol–water partition coefficient (Wildman–Crippen LogP) is 5.32. The smallest absolute Gasteiger partial charge is 0.387 e. The molecule has 1 amide bonds. The average Bonchev–Trinajstić information content (AvgIpc) is 3.24. The van der Waals surface area contributed by atoms with Crippen molar-refractivity contribution < 1.29 is 41.0 Å². The van der Waals surface area contributed by atoms with Crippen LogP contribution in [-0.4, -0.2) is 62.7 Å². The number of carbonyl (C=O) groups excluding carboxylic acids is 1. The second-order valence-electron chi connectivity index (χ2n) is 9.13. The van der Waals surface area contributed by atoms with Crippen molar-refractivity contribution in [1.82, 2.24) is 10.2 Å². The van der Waals surface area contributed by atoms with Crippen LogP contribution in [0.4, 0.5) is 17.6 Å². The summed E-state index contributed by atoms with van der Waals surface area (Å²) in [6.07, 6.45) is 3.34. The van der Waals surface area contributed by atoms with Crippen LogP contribution in [0, 0.1) is 0 Å².